The molecular formula is C19H12ClN5OS. The van der Waals surface area contributed by atoms with Gasteiger partial charge in [-0.1, -0.05) is 23.7 Å². The predicted molar refractivity (Wildman–Crippen MR) is 107 cm³/mol. The SMILES string of the molecule is Cc1nn2c(ncc3c(=O)n(-c4nccs4)ccc32)c1-c1cccc(Cl)c1. The highest BCUT2D eigenvalue weighted by Crippen LogP contribution is 2.30. The summed E-state index contributed by atoms with van der Waals surface area (Å²) >= 11 is 7.55. The Labute approximate surface area is 162 Å². The fraction of sp³-hybridized carbons (Fsp3) is 0.0526. The molecule has 0 aliphatic rings. The van der Waals surface area contributed by atoms with Gasteiger partial charge in [-0.25, -0.2) is 14.5 Å². The second-order valence-corrected chi connectivity index (χ2v) is 7.38. The van der Waals surface area contributed by atoms with Crippen LogP contribution in [-0.2, 0) is 0 Å². The van der Waals surface area contributed by atoms with Crippen LogP contribution in [0.3, 0.4) is 0 Å². The van der Waals surface area contributed by atoms with Gasteiger partial charge in [-0.15, -0.1) is 11.3 Å². The van der Waals surface area contributed by atoms with Crippen molar-refractivity contribution in [2.75, 3.05) is 0 Å². The minimum atomic E-state index is -0.172. The number of rotatable bonds is 2. The second kappa shape index (κ2) is 6.00. The van der Waals surface area contributed by atoms with Crippen LogP contribution in [0.15, 0.2) is 59.1 Å². The van der Waals surface area contributed by atoms with Crippen molar-refractivity contribution in [1.82, 2.24) is 24.1 Å². The molecule has 0 bridgehead atoms. The zero-order chi connectivity index (χ0) is 18.5. The molecular weight excluding hydrogens is 382 g/mol. The van der Waals surface area contributed by atoms with Crippen molar-refractivity contribution < 1.29 is 0 Å². The quantitative estimate of drug-likeness (QED) is 0.452. The maximum Gasteiger partial charge on any atom is 0.267 e. The molecule has 0 radical (unpaired) electrons. The van der Waals surface area contributed by atoms with Gasteiger partial charge in [-0.05, 0) is 30.7 Å². The van der Waals surface area contributed by atoms with E-state index in [1.54, 1.807) is 23.1 Å². The molecule has 4 heterocycles. The molecule has 27 heavy (non-hydrogen) atoms. The summed E-state index contributed by atoms with van der Waals surface area (Å²) in [5, 5.41) is 8.23. The van der Waals surface area contributed by atoms with Crippen LogP contribution in [0.25, 0.3) is 32.8 Å². The number of nitrogens with zero attached hydrogens (tertiary/aromatic N) is 5. The Bertz CT molecular complexity index is 1370. The molecule has 0 aliphatic carbocycles. The van der Waals surface area contributed by atoms with Gasteiger partial charge in [0.15, 0.2) is 10.8 Å². The summed E-state index contributed by atoms with van der Waals surface area (Å²) < 4.78 is 3.24. The molecule has 132 valence electrons. The van der Waals surface area contributed by atoms with E-state index in [1.165, 1.54) is 15.9 Å². The molecule has 0 saturated carbocycles. The first-order valence-electron chi connectivity index (χ1n) is 8.19. The lowest BCUT2D eigenvalue weighted by Crippen LogP contribution is -2.18. The van der Waals surface area contributed by atoms with Crippen LogP contribution in [0.5, 0.6) is 0 Å². The average Bonchev–Trinajstić information content (AvgIpc) is 3.29. The van der Waals surface area contributed by atoms with Gasteiger partial charge in [0.1, 0.15) is 0 Å². The zero-order valence-electron chi connectivity index (χ0n) is 14.1. The van der Waals surface area contributed by atoms with Crippen LogP contribution >= 0.6 is 22.9 Å². The van der Waals surface area contributed by atoms with E-state index < -0.39 is 0 Å². The maximum atomic E-state index is 12.9. The highest BCUT2D eigenvalue weighted by molar-refractivity contribution is 7.12. The normalized spacial score (nSPS) is 11.5. The summed E-state index contributed by atoms with van der Waals surface area (Å²) in [6, 6.07) is 9.45. The van der Waals surface area contributed by atoms with Crippen LogP contribution in [0.1, 0.15) is 5.69 Å². The Morgan fingerprint density at radius 3 is 2.85 bits per heavy atom. The van der Waals surface area contributed by atoms with Crippen LogP contribution in [0.4, 0.5) is 0 Å². The minimum Gasteiger partial charge on any atom is -0.268 e. The first-order valence-corrected chi connectivity index (χ1v) is 9.45. The van der Waals surface area contributed by atoms with E-state index in [2.05, 4.69) is 15.1 Å². The molecule has 0 spiro atoms. The lowest BCUT2D eigenvalue weighted by Gasteiger charge is -2.05. The predicted octanol–water partition coefficient (Wildman–Crippen LogP) is 4.12. The van der Waals surface area contributed by atoms with E-state index in [9.17, 15) is 4.79 Å². The van der Waals surface area contributed by atoms with Gasteiger partial charge >= 0.3 is 0 Å². The molecule has 5 rings (SSSR count). The first-order chi connectivity index (χ1) is 13.1. The van der Waals surface area contributed by atoms with Crippen LogP contribution in [0.2, 0.25) is 5.02 Å². The molecule has 6 nitrogen and oxygen atoms in total. The van der Waals surface area contributed by atoms with Crippen molar-refractivity contribution in [3.05, 3.63) is 75.4 Å². The number of hydrogen-bond acceptors (Lipinski definition) is 5. The van der Waals surface area contributed by atoms with Gasteiger partial charge in [-0.3, -0.25) is 9.36 Å². The molecule has 0 saturated heterocycles. The van der Waals surface area contributed by atoms with E-state index in [1.807, 2.05) is 42.6 Å². The van der Waals surface area contributed by atoms with E-state index in [4.69, 9.17) is 11.6 Å². The van der Waals surface area contributed by atoms with Gasteiger partial charge in [0.2, 0.25) is 0 Å². The summed E-state index contributed by atoms with van der Waals surface area (Å²) in [4.78, 5) is 21.7. The summed E-state index contributed by atoms with van der Waals surface area (Å²) in [5.74, 6) is 0. The minimum absolute atomic E-state index is 0.172. The topological polar surface area (TPSA) is 65.1 Å². The Kier molecular flexibility index (Phi) is 3.60. The van der Waals surface area contributed by atoms with Gasteiger partial charge in [0.05, 0.1) is 16.6 Å². The van der Waals surface area contributed by atoms with Crippen molar-refractivity contribution >= 4 is 39.5 Å². The molecule has 0 unspecified atom stereocenters. The number of hydrogen-bond donors (Lipinski definition) is 0. The van der Waals surface area contributed by atoms with E-state index in [-0.39, 0.29) is 5.56 Å². The number of halogens is 1. The number of benzene rings is 1. The molecule has 0 amide bonds. The third-order valence-electron chi connectivity index (χ3n) is 4.43. The number of aromatic nitrogens is 5. The van der Waals surface area contributed by atoms with Crippen molar-refractivity contribution in [1.29, 1.82) is 0 Å². The molecule has 5 aromatic rings. The number of thiazole rings is 1. The number of aryl methyl sites for hydroxylation is 1. The van der Waals surface area contributed by atoms with Crippen LogP contribution in [0, 0.1) is 6.92 Å². The van der Waals surface area contributed by atoms with Crippen molar-refractivity contribution in [2.24, 2.45) is 0 Å². The fourth-order valence-electron chi connectivity index (χ4n) is 3.24. The molecule has 4 aromatic heterocycles. The first kappa shape index (κ1) is 16.2. The molecule has 0 aliphatic heterocycles. The van der Waals surface area contributed by atoms with Crippen molar-refractivity contribution in [2.45, 2.75) is 6.92 Å². The van der Waals surface area contributed by atoms with E-state index in [0.29, 0.717) is 26.7 Å². The molecule has 8 heteroatoms. The monoisotopic (exact) mass is 393 g/mol. The van der Waals surface area contributed by atoms with Gasteiger partial charge in [0.25, 0.3) is 5.56 Å². The molecule has 0 N–H and O–H groups in total. The summed E-state index contributed by atoms with van der Waals surface area (Å²) in [6.45, 7) is 1.92. The number of fused-ring (bicyclic) bond motifs is 3. The fourth-order valence-corrected chi connectivity index (χ4v) is 4.06. The van der Waals surface area contributed by atoms with E-state index >= 15 is 0 Å². The Morgan fingerprint density at radius 1 is 1.19 bits per heavy atom. The van der Waals surface area contributed by atoms with Crippen molar-refractivity contribution in [3.8, 4) is 16.3 Å². The lowest BCUT2D eigenvalue weighted by molar-refractivity contribution is 0.937. The largest absolute Gasteiger partial charge is 0.268 e. The highest BCUT2D eigenvalue weighted by Gasteiger charge is 2.17. The maximum absolute atomic E-state index is 12.9. The lowest BCUT2D eigenvalue weighted by atomic mass is 10.1. The Hall–Kier alpha value is -3.03. The van der Waals surface area contributed by atoms with Crippen LogP contribution in [-0.4, -0.2) is 24.1 Å². The highest BCUT2D eigenvalue weighted by atomic mass is 35.5. The van der Waals surface area contributed by atoms with Gasteiger partial charge < -0.3 is 0 Å². The van der Waals surface area contributed by atoms with Gasteiger partial charge in [-0.2, -0.15) is 5.10 Å². The Morgan fingerprint density at radius 2 is 2.07 bits per heavy atom. The molecule has 0 atom stereocenters. The second-order valence-electron chi connectivity index (χ2n) is 6.07. The summed E-state index contributed by atoms with van der Waals surface area (Å²) in [5.41, 5.74) is 3.89. The zero-order valence-corrected chi connectivity index (χ0v) is 15.7. The smallest absolute Gasteiger partial charge is 0.267 e. The van der Waals surface area contributed by atoms with E-state index in [0.717, 1.165) is 16.8 Å². The molecule has 1 aromatic carbocycles. The van der Waals surface area contributed by atoms with Gasteiger partial charge in [0, 0.05) is 34.6 Å². The Balaban J connectivity index is 1.81. The standard InChI is InChI=1S/C19H12ClN5OS/c1-11-16(12-3-2-4-13(20)9-12)17-22-10-14-15(25(17)23-11)5-7-24(18(14)26)19-21-6-8-27-19/h2-10H,1H3. The molecule has 0 fully saturated rings. The van der Waals surface area contributed by atoms with Crippen molar-refractivity contribution in [3.63, 3.8) is 0 Å². The third-order valence-corrected chi connectivity index (χ3v) is 5.43. The average molecular weight is 394 g/mol. The number of pyridine rings is 1. The summed E-state index contributed by atoms with van der Waals surface area (Å²) in [6.07, 6.45) is 5.00. The third kappa shape index (κ3) is 2.47. The van der Waals surface area contributed by atoms with Crippen LogP contribution < -0.4 is 5.56 Å². The summed E-state index contributed by atoms with van der Waals surface area (Å²) in [7, 11) is 0.